The molecule has 0 saturated heterocycles. The van der Waals surface area contributed by atoms with E-state index in [0.717, 1.165) is 6.42 Å². The van der Waals surface area contributed by atoms with Crippen molar-refractivity contribution in [1.29, 1.82) is 0 Å². The minimum Gasteiger partial charge on any atom is -0.329 e. The third kappa shape index (κ3) is 4.75. The van der Waals surface area contributed by atoms with Crippen molar-refractivity contribution in [2.24, 2.45) is 5.73 Å². The molecule has 0 heterocycles. The van der Waals surface area contributed by atoms with Crippen LogP contribution in [0.2, 0.25) is 0 Å². The summed E-state index contributed by atoms with van der Waals surface area (Å²) in [7, 11) is 0. The SMILES string of the molecule is NCC(Cc1ccc(-c2ccccc2)cc1)NCc1ccccc1F. The highest BCUT2D eigenvalue weighted by Gasteiger charge is 2.09. The molecule has 0 radical (unpaired) electrons. The lowest BCUT2D eigenvalue weighted by atomic mass is 10.0. The molecule has 2 nitrogen and oxygen atoms in total. The molecule has 3 heteroatoms. The fraction of sp³-hybridized carbons (Fsp3) is 0.182. The second-order valence-electron chi connectivity index (χ2n) is 6.17. The maximum absolute atomic E-state index is 13.7. The fourth-order valence-electron chi connectivity index (χ4n) is 2.88. The highest BCUT2D eigenvalue weighted by atomic mass is 19.1. The quantitative estimate of drug-likeness (QED) is 0.681. The standard InChI is InChI=1S/C22H23FN2/c23-22-9-5-4-8-20(22)16-25-21(15-24)14-17-10-12-19(13-11-17)18-6-2-1-3-7-18/h1-13,21,25H,14-16,24H2. The number of hydrogen-bond donors (Lipinski definition) is 2. The van der Waals surface area contributed by atoms with Crippen molar-refractivity contribution in [3.8, 4) is 11.1 Å². The first-order valence-electron chi connectivity index (χ1n) is 8.57. The van der Waals surface area contributed by atoms with Crippen LogP contribution < -0.4 is 11.1 Å². The Hall–Kier alpha value is -2.49. The van der Waals surface area contributed by atoms with Crippen LogP contribution in [-0.4, -0.2) is 12.6 Å². The third-order valence-corrected chi connectivity index (χ3v) is 4.37. The highest BCUT2D eigenvalue weighted by molar-refractivity contribution is 5.63. The first kappa shape index (κ1) is 17.3. The molecule has 25 heavy (non-hydrogen) atoms. The van der Waals surface area contributed by atoms with Gasteiger partial charge in [0.15, 0.2) is 0 Å². The summed E-state index contributed by atoms with van der Waals surface area (Å²) in [6, 6.07) is 25.8. The molecule has 0 spiro atoms. The summed E-state index contributed by atoms with van der Waals surface area (Å²) >= 11 is 0. The van der Waals surface area contributed by atoms with Gasteiger partial charge in [0.2, 0.25) is 0 Å². The van der Waals surface area contributed by atoms with Crippen LogP contribution in [0.4, 0.5) is 4.39 Å². The van der Waals surface area contributed by atoms with E-state index < -0.39 is 0 Å². The van der Waals surface area contributed by atoms with E-state index in [2.05, 4.69) is 41.7 Å². The molecule has 3 aromatic rings. The Labute approximate surface area is 148 Å². The van der Waals surface area contributed by atoms with Crippen LogP contribution in [0, 0.1) is 5.82 Å². The normalized spacial score (nSPS) is 12.1. The van der Waals surface area contributed by atoms with Gasteiger partial charge in [0.25, 0.3) is 0 Å². The van der Waals surface area contributed by atoms with E-state index in [9.17, 15) is 4.39 Å². The number of nitrogens with two attached hydrogens (primary N) is 1. The summed E-state index contributed by atoms with van der Waals surface area (Å²) in [5, 5.41) is 3.36. The zero-order valence-corrected chi connectivity index (χ0v) is 14.2. The smallest absolute Gasteiger partial charge is 0.127 e. The lowest BCUT2D eigenvalue weighted by Gasteiger charge is -2.17. The fourth-order valence-corrected chi connectivity index (χ4v) is 2.88. The van der Waals surface area contributed by atoms with Gasteiger partial charge in [-0.15, -0.1) is 0 Å². The van der Waals surface area contributed by atoms with Gasteiger partial charge in [0, 0.05) is 24.7 Å². The molecule has 0 bridgehead atoms. The van der Waals surface area contributed by atoms with E-state index in [0.29, 0.717) is 18.7 Å². The van der Waals surface area contributed by atoms with Crippen LogP contribution in [0.25, 0.3) is 11.1 Å². The van der Waals surface area contributed by atoms with Crippen LogP contribution in [0.15, 0.2) is 78.9 Å². The Morgan fingerprint density at radius 2 is 1.44 bits per heavy atom. The summed E-state index contributed by atoms with van der Waals surface area (Å²) in [6.45, 7) is 0.992. The van der Waals surface area contributed by atoms with Gasteiger partial charge in [0.1, 0.15) is 5.82 Å². The van der Waals surface area contributed by atoms with Crippen molar-refractivity contribution in [3.05, 3.63) is 95.8 Å². The van der Waals surface area contributed by atoms with Crippen molar-refractivity contribution in [2.45, 2.75) is 19.0 Å². The van der Waals surface area contributed by atoms with Gasteiger partial charge in [-0.2, -0.15) is 0 Å². The van der Waals surface area contributed by atoms with Gasteiger partial charge in [-0.25, -0.2) is 4.39 Å². The molecule has 128 valence electrons. The maximum atomic E-state index is 13.7. The Balaban J connectivity index is 1.61. The van der Waals surface area contributed by atoms with Crippen LogP contribution in [0.3, 0.4) is 0 Å². The molecule has 3 aromatic carbocycles. The predicted molar refractivity (Wildman–Crippen MR) is 102 cm³/mol. The number of rotatable bonds is 7. The molecule has 0 aromatic heterocycles. The lowest BCUT2D eigenvalue weighted by molar-refractivity contribution is 0.502. The average molecular weight is 334 g/mol. The molecule has 1 atom stereocenters. The Morgan fingerprint density at radius 3 is 2.12 bits per heavy atom. The second kappa shape index (κ2) is 8.56. The van der Waals surface area contributed by atoms with E-state index in [-0.39, 0.29) is 11.9 Å². The zero-order chi connectivity index (χ0) is 17.5. The van der Waals surface area contributed by atoms with Crippen LogP contribution in [-0.2, 0) is 13.0 Å². The second-order valence-corrected chi connectivity index (χ2v) is 6.17. The average Bonchev–Trinajstić information content (AvgIpc) is 2.67. The molecular formula is C22H23FN2. The third-order valence-electron chi connectivity index (χ3n) is 4.37. The Morgan fingerprint density at radius 1 is 0.800 bits per heavy atom. The summed E-state index contributed by atoms with van der Waals surface area (Å²) in [4.78, 5) is 0. The monoisotopic (exact) mass is 334 g/mol. The molecule has 0 fully saturated rings. The molecule has 0 saturated carbocycles. The van der Waals surface area contributed by atoms with Crippen molar-refractivity contribution < 1.29 is 4.39 Å². The van der Waals surface area contributed by atoms with E-state index in [1.807, 2.05) is 24.3 Å². The molecule has 0 aliphatic heterocycles. The van der Waals surface area contributed by atoms with E-state index in [1.54, 1.807) is 12.1 Å². The summed E-state index contributed by atoms with van der Waals surface area (Å²) in [5.74, 6) is -0.182. The first-order chi connectivity index (χ1) is 12.3. The summed E-state index contributed by atoms with van der Waals surface area (Å²) in [6.07, 6.45) is 0.819. The summed E-state index contributed by atoms with van der Waals surface area (Å²) < 4.78 is 13.7. The topological polar surface area (TPSA) is 38.0 Å². The molecule has 0 amide bonds. The Kier molecular flexibility index (Phi) is 5.94. The van der Waals surface area contributed by atoms with E-state index in [4.69, 9.17) is 5.73 Å². The lowest BCUT2D eigenvalue weighted by Crippen LogP contribution is -2.37. The Bertz CT molecular complexity index is 785. The van der Waals surface area contributed by atoms with Gasteiger partial charge < -0.3 is 11.1 Å². The van der Waals surface area contributed by atoms with Crippen LogP contribution in [0.1, 0.15) is 11.1 Å². The van der Waals surface area contributed by atoms with Crippen LogP contribution >= 0.6 is 0 Å². The maximum Gasteiger partial charge on any atom is 0.127 e. The first-order valence-corrected chi connectivity index (χ1v) is 8.57. The number of nitrogens with one attached hydrogen (secondary N) is 1. The predicted octanol–water partition coefficient (Wildman–Crippen LogP) is 4.15. The summed E-state index contributed by atoms with van der Waals surface area (Å²) in [5.41, 5.74) is 10.2. The largest absolute Gasteiger partial charge is 0.329 e. The van der Waals surface area contributed by atoms with Crippen molar-refractivity contribution in [3.63, 3.8) is 0 Å². The zero-order valence-electron chi connectivity index (χ0n) is 14.2. The van der Waals surface area contributed by atoms with Crippen molar-refractivity contribution in [2.75, 3.05) is 6.54 Å². The van der Waals surface area contributed by atoms with Crippen LogP contribution in [0.5, 0.6) is 0 Å². The van der Waals surface area contributed by atoms with E-state index in [1.165, 1.54) is 22.8 Å². The number of halogens is 1. The number of hydrogen-bond acceptors (Lipinski definition) is 2. The molecule has 1 unspecified atom stereocenters. The molecule has 3 rings (SSSR count). The van der Waals surface area contributed by atoms with Gasteiger partial charge in [-0.05, 0) is 29.2 Å². The number of benzene rings is 3. The van der Waals surface area contributed by atoms with Gasteiger partial charge >= 0.3 is 0 Å². The van der Waals surface area contributed by atoms with Gasteiger partial charge in [0.05, 0.1) is 0 Å². The molecule has 3 N–H and O–H groups in total. The van der Waals surface area contributed by atoms with Crippen molar-refractivity contribution >= 4 is 0 Å². The van der Waals surface area contributed by atoms with Crippen molar-refractivity contribution in [1.82, 2.24) is 5.32 Å². The molecule has 0 aliphatic rings. The van der Waals surface area contributed by atoms with Gasteiger partial charge in [-0.3, -0.25) is 0 Å². The minimum absolute atomic E-state index is 0.113. The van der Waals surface area contributed by atoms with Gasteiger partial charge in [-0.1, -0.05) is 72.8 Å². The molecular weight excluding hydrogens is 311 g/mol. The highest BCUT2D eigenvalue weighted by Crippen LogP contribution is 2.19. The minimum atomic E-state index is -0.182. The molecule has 0 aliphatic carbocycles. The van der Waals surface area contributed by atoms with E-state index >= 15 is 0 Å².